The van der Waals surface area contributed by atoms with Crippen LogP contribution < -0.4 is 5.32 Å². The highest BCUT2D eigenvalue weighted by Gasteiger charge is 2.40. The van der Waals surface area contributed by atoms with E-state index in [0.29, 0.717) is 6.42 Å². The van der Waals surface area contributed by atoms with Crippen LogP contribution in [0.25, 0.3) is 0 Å². The van der Waals surface area contributed by atoms with E-state index < -0.39 is 5.54 Å². The first-order valence-electron chi connectivity index (χ1n) is 6.52. The lowest BCUT2D eigenvalue weighted by Crippen LogP contribution is -2.52. The summed E-state index contributed by atoms with van der Waals surface area (Å²) in [6.45, 7) is 6.18. The number of hydrogen-bond acceptors (Lipinski definition) is 3. The van der Waals surface area contributed by atoms with Gasteiger partial charge in [0.15, 0.2) is 0 Å². The topological polar surface area (TPSA) is 38.3 Å². The number of esters is 1. The second-order valence-corrected chi connectivity index (χ2v) is 4.57. The third kappa shape index (κ3) is 2.91. The van der Waals surface area contributed by atoms with Gasteiger partial charge in [-0.05, 0) is 25.3 Å². The quantitative estimate of drug-likeness (QED) is 0.788. The van der Waals surface area contributed by atoms with Gasteiger partial charge in [0.25, 0.3) is 0 Å². The molecule has 18 heavy (non-hydrogen) atoms. The van der Waals surface area contributed by atoms with Gasteiger partial charge in [0.1, 0.15) is 5.54 Å². The molecular formula is C15H23NO2. The van der Waals surface area contributed by atoms with Gasteiger partial charge in [-0.15, -0.1) is 0 Å². The fourth-order valence-electron chi connectivity index (χ4n) is 2.13. The van der Waals surface area contributed by atoms with Crippen molar-refractivity contribution < 1.29 is 9.53 Å². The van der Waals surface area contributed by atoms with Crippen LogP contribution in [0.4, 0.5) is 0 Å². The van der Waals surface area contributed by atoms with Crippen LogP contribution in [0, 0.1) is 0 Å². The molecule has 0 aliphatic carbocycles. The van der Waals surface area contributed by atoms with E-state index in [2.05, 4.69) is 19.2 Å². The molecule has 1 rings (SSSR count). The van der Waals surface area contributed by atoms with Gasteiger partial charge in [0, 0.05) is 6.04 Å². The van der Waals surface area contributed by atoms with Crippen molar-refractivity contribution in [2.24, 2.45) is 0 Å². The first-order chi connectivity index (χ1) is 8.60. The molecule has 0 saturated heterocycles. The second kappa shape index (κ2) is 6.55. The summed E-state index contributed by atoms with van der Waals surface area (Å²) in [7, 11) is 1.44. The zero-order valence-corrected chi connectivity index (χ0v) is 11.7. The van der Waals surface area contributed by atoms with E-state index in [9.17, 15) is 4.79 Å². The average molecular weight is 249 g/mol. The Bertz CT molecular complexity index is 377. The van der Waals surface area contributed by atoms with Gasteiger partial charge in [-0.3, -0.25) is 5.32 Å². The van der Waals surface area contributed by atoms with Crippen LogP contribution >= 0.6 is 0 Å². The minimum absolute atomic E-state index is 0.225. The summed E-state index contributed by atoms with van der Waals surface area (Å²) in [5.74, 6) is -0.225. The summed E-state index contributed by atoms with van der Waals surface area (Å²) in [5.41, 5.74) is 0.213. The Labute approximate surface area is 110 Å². The van der Waals surface area contributed by atoms with Crippen molar-refractivity contribution in [3.8, 4) is 0 Å². The number of nitrogens with one attached hydrogen (secondary N) is 1. The molecule has 3 nitrogen and oxygen atoms in total. The van der Waals surface area contributed by atoms with Gasteiger partial charge in [0.05, 0.1) is 7.11 Å². The molecule has 0 fully saturated rings. The predicted octanol–water partition coefficient (Wildman–Crippen LogP) is 2.85. The molecule has 1 aromatic carbocycles. The number of carbonyl (C=O) groups excluding carboxylic acids is 1. The molecule has 0 aromatic heterocycles. The van der Waals surface area contributed by atoms with Gasteiger partial charge in [-0.1, -0.05) is 44.2 Å². The largest absolute Gasteiger partial charge is 0.467 e. The summed E-state index contributed by atoms with van der Waals surface area (Å²) in [6.07, 6.45) is 1.62. The standard InChI is InChI=1S/C15H23NO2/c1-5-12(3)16-15(6-2,14(17)18-4)13-10-8-7-9-11-13/h7-12,16H,5-6H2,1-4H3. The van der Waals surface area contributed by atoms with Crippen LogP contribution in [0.5, 0.6) is 0 Å². The summed E-state index contributed by atoms with van der Waals surface area (Å²) in [4.78, 5) is 12.2. The highest BCUT2D eigenvalue weighted by atomic mass is 16.5. The Hall–Kier alpha value is -1.35. The maximum Gasteiger partial charge on any atom is 0.330 e. The molecule has 2 unspecified atom stereocenters. The number of benzene rings is 1. The molecule has 0 radical (unpaired) electrons. The smallest absolute Gasteiger partial charge is 0.330 e. The third-order valence-corrected chi connectivity index (χ3v) is 3.44. The molecule has 1 N–H and O–H groups in total. The third-order valence-electron chi connectivity index (χ3n) is 3.44. The van der Waals surface area contributed by atoms with Crippen molar-refractivity contribution >= 4 is 5.97 Å². The number of ether oxygens (including phenoxy) is 1. The molecule has 0 aliphatic heterocycles. The van der Waals surface area contributed by atoms with Crippen molar-refractivity contribution in [2.75, 3.05) is 7.11 Å². The molecule has 0 heterocycles. The molecule has 3 heteroatoms. The van der Waals surface area contributed by atoms with Gasteiger partial charge in [-0.25, -0.2) is 4.79 Å². The van der Waals surface area contributed by atoms with Crippen molar-refractivity contribution in [3.63, 3.8) is 0 Å². The average Bonchev–Trinajstić information content (AvgIpc) is 2.44. The lowest BCUT2D eigenvalue weighted by Gasteiger charge is -2.34. The Morgan fingerprint density at radius 3 is 2.39 bits per heavy atom. The minimum atomic E-state index is -0.745. The highest BCUT2D eigenvalue weighted by Crippen LogP contribution is 2.27. The Kier molecular flexibility index (Phi) is 5.35. The van der Waals surface area contributed by atoms with Gasteiger partial charge in [-0.2, -0.15) is 0 Å². The van der Waals surface area contributed by atoms with Crippen molar-refractivity contribution in [1.82, 2.24) is 5.32 Å². The molecule has 0 saturated carbocycles. The van der Waals surface area contributed by atoms with E-state index in [0.717, 1.165) is 12.0 Å². The maximum atomic E-state index is 12.2. The molecule has 1 aromatic rings. The monoisotopic (exact) mass is 249 g/mol. The summed E-state index contributed by atoms with van der Waals surface area (Å²) in [5, 5.41) is 3.42. The normalized spacial score (nSPS) is 15.8. The van der Waals surface area contributed by atoms with Crippen LogP contribution in [0.15, 0.2) is 30.3 Å². The first-order valence-corrected chi connectivity index (χ1v) is 6.52. The molecule has 0 bridgehead atoms. The minimum Gasteiger partial charge on any atom is -0.467 e. The fraction of sp³-hybridized carbons (Fsp3) is 0.533. The van der Waals surface area contributed by atoms with E-state index in [1.54, 1.807) is 0 Å². The number of methoxy groups -OCH3 is 1. The Morgan fingerprint density at radius 2 is 1.94 bits per heavy atom. The molecule has 100 valence electrons. The summed E-state index contributed by atoms with van der Waals surface area (Å²) < 4.78 is 5.00. The van der Waals surface area contributed by atoms with Crippen molar-refractivity contribution in [3.05, 3.63) is 35.9 Å². The van der Waals surface area contributed by atoms with Crippen LogP contribution in [0.2, 0.25) is 0 Å². The molecule has 0 spiro atoms. The molecule has 2 atom stereocenters. The SMILES string of the molecule is CCC(C)NC(CC)(C(=O)OC)c1ccccc1. The van der Waals surface area contributed by atoms with Crippen LogP contribution in [0.1, 0.15) is 39.2 Å². The van der Waals surface area contributed by atoms with Crippen molar-refractivity contribution in [1.29, 1.82) is 0 Å². The van der Waals surface area contributed by atoms with Gasteiger partial charge < -0.3 is 4.74 Å². The van der Waals surface area contributed by atoms with E-state index >= 15 is 0 Å². The first kappa shape index (κ1) is 14.7. The Morgan fingerprint density at radius 1 is 1.33 bits per heavy atom. The summed E-state index contributed by atoms with van der Waals surface area (Å²) >= 11 is 0. The zero-order chi connectivity index (χ0) is 13.6. The van der Waals surface area contributed by atoms with Gasteiger partial charge in [0.2, 0.25) is 0 Å². The van der Waals surface area contributed by atoms with Crippen LogP contribution in [-0.4, -0.2) is 19.1 Å². The fourth-order valence-corrected chi connectivity index (χ4v) is 2.13. The molecular weight excluding hydrogens is 226 g/mol. The van der Waals surface area contributed by atoms with Gasteiger partial charge >= 0.3 is 5.97 Å². The zero-order valence-electron chi connectivity index (χ0n) is 11.7. The van der Waals surface area contributed by atoms with E-state index in [-0.39, 0.29) is 12.0 Å². The molecule has 0 amide bonds. The van der Waals surface area contributed by atoms with E-state index in [1.807, 2.05) is 37.3 Å². The number of carbonyl (C=O) groups is 1. The van der Waals surface area contributed by atoms with Crippen LogP contribution in [-0.2, 0) is 15.1 Å². The second-order valence-electron chi connectivity index (χ2n) is 4.57. The lowest BCUT2D eigenvalue weighted by molar-refractivity contribution is -0.149. The van der Waals surface area contributed by atoms with Crippen molar-refractivity contribution in [2.45, 2.75) is 45.2 Å². The van der Waals surface area contributed by atoms with E-state index in [1.165, 1.54) is 7.11 Å². The number of rotatable bonds is 6. The maximum absolute atomic E-state index is 12.2. The van der Waals surface area contributed by atoms with E-state index in [4.69, 9.17) is 4.74 Å². The number of hydrogen-bond donors (Lipinski definition) is 1. The van der Waals surface area contributed by atoms with Crippen LogP contribution in [0.3, 0.4) is 0 Å². The Balaban J connectivity index is 3.18. The predicted molar refractivity (Wildman–Crippen MR) is 73.3 cm³/mol. The highest BCUT2D eigenvalue weighted by molar-refractivity contribution is 5.82. The lowest BCUT2D eigenvalue weighted by atomic mass is 9.86. The molecule has 0 aliphatic rings. The summed E-state index contributed by atoms with van der Waals surface area (Å²) in [6, 6.07) is 10.0.